The Balaban J connectivity index is 1.40. The Morgan fingerprint density at radius 1 is 0.969 bits per heavy atom. The summed E-state index contributed by atoms with van der Waals surface area (Å²) in [6, 6.07) is 10.5. The third-order valence-corrected chi connectivity index (χ3v) is 5.55. The third-order valence-electron chi connectivity index (χ3n) is 5.31. The second kappa shape index (κ2) is 10.9. The molecule has 0 bridgehead atoms. The average Bonchev–Trinajstić information content (AvgIpc) is 2.77. The van der Waals surface area contributed by atoms with Gasteiger partial charge in [0.1, 0.15) is 11.6 Å². The summed E-state index contributed by atoms with van der Waals surface area (Å²) < 4.78 is 19.6. The van der Waals surface area contributed by atoms with Crippen molar-refractivity contribution in [1.29, 1.82) is 0 Å². The van der Waals surface area contributed by atoms with E-state index in [0.717, 1.165) is 6.07 Å². The van der Waals surface area contributed by atoms with Crippen LogP contribution in [0.5, 0.6) is 5.75 Å². The summed E-state index contributed by atoms with van der Waals surface area (Å²) in [4.78, 5) is 35.3. The van der Waals surface area contributed by atoms with Gasteiger partial charge in [-0.25, -0.2) is 4.39 Å². The molecule has 2 amide bonds. The number of hydrogen-bond donors (Lipinski definition) is 3. The summed E-state index contributed by atoms with van der Waals surface area (Å²) in [5, 5.41) is 14.5. The zero-order valence-electron chi connectivity index (χ0n) is 17.3. The molecule has 3 N–H and O–H groups in total. The maximum Gasteiger partial charge on any atom is 0.306 e. The third kappa shape index (κ3) is 6.43. The highest BCUT2D eigenvalue weighted by atomic mass is 35.5. The molecule has 7 nitrogen and oxygen atoms in total. The molecule has 0 spiro atoms. The SMILES string of the molecule is O=C(NCCNC(=O)c1ccc(Cl)cc1F)c1ccc(O[C@H]2CC[C@@H](C(=O)O)CC2)cc1. The van der Waals surface area contributed by atoms with Crippen molar-refractivity contribution >= 4 is 29.4 Å². The first kappa shape index (κ1) is 23.5. The van der Waals surface area contributed by atoms with Crippen LogP contribution >= 0.6 is 11.6 Å². The minimum atomic E-state index is -0.754. The van der Waals surface area contributed by atoms with Crippen LogP contribution in [0.4, 0.5) is 4.39 Å². The summed E-state index contributed by atoms with van der Waals surface area (Å²) in [7, 11) is 0. The minimum Gasteiger partial charge on any atom is -0.490 e. The van der Waals surface area contributed by atoms with Gasteiger partial charge in [-0.2, -0.15) is 0 Å². The molecular formula is C23H24ClFN2O5. The first-order valence-corrected chi connectivity index (χ1v) is 10.7. The van der Waals surface area contributed by atoms with Crippen LogP contribution in [0.3, 0.4) is 0 Å². The van der Waals surface area contributed by atoms with Gasteiger partial charge >= 0.3 is 5.97 Å². The monoisotopic (exact) mass is 462 g/mol. The normalized spacial score (nSPS) is 17.9. The number of amides is 2. The molecule has 1 fully saturated rings. The molecule has 0 unspecified atom stereocenters. The molecule has 1 aliphatic carbocycles. The van der Waals surface area contributed by atoms with Crippen molar-refractivity contribution in [2.75, 3.05) is 13.1 Å². The summed E-state index contributed by atoms with van der Waals surface area (Å²) in [6.45, 7) is 0.303. The van der Waals surface area contributed by atoms with E-state index >= 15 is 0 Å². The summed E-state index contributed by atoms with van der Waals surface area (Å²) >= 11 is 5.67. The van der Waals surface area contributed by atoms with Crippen LogP contribution in [0.15, 0.2) is 42.5 Å². The Hall–Kier alpha value is -3.13. The van der Waals surface area contributed by atoms with E-state index < -0.39 is 17.7 Å². The van der Waals surface area contributed by atoms with E-state index in [0.29, 0.717) is 37.0 Å². The maximum atomic E-state index is 13.7. The fourth-order valence-corrected chi connectivity index (χ4v) is 3.69. The van der Waals surface area contributed by atoms with Crippen LogP contribution in [0.1, 0.15) is 46.4 Å². The Bertz CT molecular complexity index is 975. The van der Waals surface area contributed by atoms with Gasteiger partial charge in [0.05, 0.1) is 17.6 Å². The van der Waals surface area contributed by atoms with Crippen molar-refractivity contribution in [2.24, 2.45) is 5.92 Å². The molecule has 0 atom stereocenters. The van der Waals surface area contributed by atoms with Gasteiger partial charge in [-0.15, -0.1) is 0 Å². The molecule has 2 aromatic rings. The molecule has 170 valence electrons. The number of benzene rings is 2. The van der Waals surface area contributed by atoms with E-state index in [1.807, 2.05) is 0 Å². The lowest BCUT2D eigenvalue weighted by Crippen LogP contribution is -2.35. The predicted molar refractivity (Wildman–Crippen MR) is 117 cm³/mol. The smallest absolute Gasteiger partial charge is 0.306 e. The van der Waals surface area contributed by atoms with Crippen LogP contribution in [0.2, 0.25) is 5.02 Å². The van der Waals surface area contributed by atoms with Gasteiger partial charge in [0.2, 0.25) is 0 Å². The number of ether oxygens (including phenoxy) is 1. The minimum absolute atomic E-state index is 0.0284. The number of hydrogen-bond acceptors (Lipinski definition) is 4. The largest absolute Gasteiger partial charge is 0.490 e. The number of nitrogens with one attached hydrogen (secondary N) is 2. The molecule has 3 rings (SSSR count). The molecule has 1 saturated carbocycles. The Morgan fingerprint density at radius 2 is 1.59 bits per heavy atom. The number of carbonyl (C=O) groups excluding carboxylic acids is 2. The van der Waals surface area contributed by atoms with E-state index in [2.05, 4.69) is 10.6 Å². The van der Waals surface area contributed by atoms with Gasteiger partial charge < -0.3 is 20.5 Å². The summed E-state index contributed by atoms with van der Waals surface area (Å²) in [5.41, 5.74) is 0.315. The van der Waals surface area contributed by atoms with Crippen molar-refractivity contribution in [3.05, 3.63) is 64.4 Å². The molecule has 0 aromatic heterocycles. The van der Waals surface area contributed by atoms with E-state index in [1.54, 1.807) is 24.3 Å². The lowest BCUT2D eigenvalue weighted by molar-refractivity contribution is -0.143. The van der Waals surface area contributed by atoms with Crippen LogP contribution in [0, 0.1) is 11.7 Å². The lowest BCUT2D eigenvalue weighted by Gasteiger charge is -2.26. The second-order valence-corrected chi connectivity index (χ2v) is 8.03. The molecule has 0 saturated heterocycles. The number of carboxylic acids is 1. The van der Waals surface area contributed by atoms with E-state index in [4.69, 9.17) is 21.4 Å². The van der Waals surface area contributed by atoms with Gasteiger partial charge in [0.15, 0.2) is 0 Å². The standard InChI is InChI=1S/C23H24ClFN2O5/c24-16-5-10-19(20(25)13-16)22(29)27-12-11-26-21(28)14-1-6-17(7-2-14)32-18-8-3-15(4-9-18)23(30)31/h1-2,5-7,10,13,15,18H,3-4,8-9,11-12H2,(H,26,28)(H,27,29)(H,30,31)/t15-,18+. The summed E-state index contributed by atoms with van der Waals surface area (Å²) in [6.07, 6.45) is 2.54. The van der Waals surface area contributed by atoms with Gasteiger partial charge in [-0.1, -0.05) is 11.6 Å². The van der Waals surface area contributed by atoms with Gasteiger partial charge in [0, 0.05) is 23.7 Å². The first-order valence-electron chi connectivity index (χ1n) is 10.3. The van der Waals surface area contributed by atoms with Crippen molar-refractivity contribution in [3.63, 3.8) is 0 Å². The molecule has 0 radical (unpaired) electrons. The van der Waals surface area contributed by atoms with Crippen LogP contribution in [-0.4, -0.2) is 42.1 Å². The molecule has 0 aliphatic heterocycles. The fourth-order valence-electron chi connectivity index (χ4n) is 3.53. The van der Waals surface area contributed by atoms with E-state index in [1.165, 1.54) is 12.1 Å². The van der Waals surface area contributed by atoms with Crippen LogP contribution < -0.4 is 15.4 Å². The number of carbonyl (C=O) groups is 3. The topological polar surface area (TPSA) is 105 Å². The van der Waals surface area contributed by atoms with Crippen LogP contribution in [0.25, 0.3) is 0 Å². The van der Waals surface area contributed by atoms with Crippen molar-refractivity contribution in [3.8, 4) is 5.75 Å². The number of aliphatic carboxylic acids is 1. The quantitative estimate of drug-likeness (QED) is 0.519. The number of rotatable bonds is 8. The molecule has 9 heteroatoms. The summed E-state index contributed by atoms with van der Waals surface area (Å²) in [5.74, 6) is -2.04. The Labute approximate surface area is 189 Å². The predicted octanol–water partition coefficient (Wildman–Crippen LogP) is 3.66. The fraction of sp³-hybridized carbons (Fsp3) is 0.348. The molecular weight excluding hydrogens is 439 g/mol. The zero-order chi connectivity index (χ0) is 23.1. The van der Waals surface area contributed by atoms with Crippen LogP contribution in [-0.2, 0) is 4.79 Å². The molecule has 1 aliphatic rings. The zero-order valence-corrected chi connectivity index (χ0v) is 18.0. The maximum absolute atomic E-state index is 13.7. The highest BCUT2D eigenvalue weighted by molar-refractivity contribution is 6.30. The van der Waals surface area contributed by atoms with Crippen molar-refractivity contribution in [1.82, 2.24) is 10.6 Å². The van der Waals surface area contributed by atoms with Gasteiger partial charge in [-0.3, -0.25) is 14.4 Å². The highest BCUT2D eigenvalue weighted by Crippen LogP contribution is 2.28. The number of halogens is 2. The molecule has 0 heterocycles. The lowest BCUT2D eigenvalue weighted by atomic mass is 9.87. The first-order chi connectivity index (χ1) is 15.3. The Morgan fingerprint density at radius 3 is 2.19 bits per heavy atom. The second-order valence-electron chi connectivity index (χ2n) is 7.59. The molecule has 2 aromatic carbocycles. The van der Waals surface area contributed by atoms with E-state index in [9.17, 15) is 18.8 Å². The number of carboxylic acid groups (broad SMARTS) is 1. The highest BCUT2D eigenvalue weighted by Gasteiger charge is 2.26. The average molecular weight is 463 g/mol. The van der Waals surface area contributed by atoms with Gasteiger partial charge in [-0.05, 0) is 68.1 Å². The Kier molecular flexibility index (Phi) is 8.05. The van der Waals surface area contributed by atoms with Crippen molar-refractivity contribution < 1.29 is 28.6 Å². The van der Waals surface area contributed by atoms with E-state index in [-0.39, 0.29) is 41.6 Å². The molecule has 32 heavy (non-hydrogen) atoms. The van der Waals surface area contributed by atoms with Gasteiger partial charge in [0.25, 0.3) is 11.8 Å². The van der Waals surface area contributed by atoms with Crippen molar-refractivity contribution in [2.45, 2.75) is 31.8 Å².